The van der Waals surface area contributed by atoms with E-state index in [1.54, 1.807) is 28.8 Å². The summed E-state index contributed by atoms with van der Waals surface area (Å²) in [5, 5.41) is 1.56. The van der Waals surface area contributed by atoms with Crippen molar-refractivity contribution in [3.05, 3.63) is 46.2 Å². The Balaban J connectivity index is 1.84. The van der Waals surface area contributed by atoms with Gasteiger partial charge in [-0.3, -0.25) is 14.2 Å². The van der Waals surface area contributed by atoms with E-state index in [-0.39, 0.29) is 17.2 Å². The van der Waals surface area contributed by atoms with Crippen molar-refractivity contribution < 1.29 is 4.79 Å². The molecule has 7 heteroatoms. The van der Waals surface area contributed by atoms with Crippen LogP contribution in [0.1, 0.15) is 39.0 Å². The van der Waals surface area contributed by atoms with Crippen molar-refractivity contribution in [2.75, 3.05) is 12.3 Å². The van der Waals surface area contributed by atoms with Crippen LogP contribution in [-0.2, 0) is 11.3 Å². The second kappa shape index (κ2) is 9.61. The SMILES string of the molecule is C=CCn1c(SCC(=O)N(CC)C2CCCCC2)nc2cc(Cl)ccc2c1=O. The van der Waals surface area contributed by atoms with Gasteiger partial charge in [0, 0.05) is 24.2 Å². The van der Waals surface area contributed by atoms with E-state index in [0.29, 0.717) is 40.2 Å². The number of allylic oxidation sites excluding steroid dienone is 1. The van der Waals surface area contributed by atoms with Crippen LogP contribution in [0.15, 0.2) is 40.8 Å². The van der Waals surface area contributed by atoms with Crippen molar-refractivity contribution in [1.29, 1.82) is 0 Å². The molecule has 0 N–H and O–H groups in total. The minimum atomic E-state index is -0.142. The number of hydrogen-bond acceptors (Lipinski definition) is 4. The first kappa shape index (κ1) is 20.9. The molecular formula is C21H26ClN3O2S. The molecule has 1 fully saturated rings. The van der Waals surface area contributed by atoms with Crippen LogP contribution in [0.4, 0.5) is 0 Å². The fourth-order valence-electron chi connectivity index (χ4n) is 3.81. The van der Waals surface area contributed by atoms with Crippen molar-refractivity contribution in [3.8, 4) is 0 Å². The molecule has 2 aromatic rings. The van der Waals surface area contributed by atoms with Gasteiger partial charge in [-0.2, -0.15) is 0 Å². The highest BCUT2D eigenvalue weighted by molar-refractivity contribution is 7.99. The zero-order chi connectivity index (χ0) is 20.1. The first-order valence-corrected chi connectivity index (χ1v) is 11.1. The Morgan fingerprint density at radius 2 is 2.14 bits per heavy atom. The van der Waals surface area contributed by atoms with Gasteiger partial charge in [0.05, 0.1) is 16.7 Å². The molecule has 0 atom stereocenters. The van der Waals surface area contributed by atoms with E-state index in [1.807, 2.05) is 11.8 Å². The summed E-state index contributed by atoms with van der Waals surface area (Å²) in [5.74, 6) is 0.366. The zero-order valence-corrected chi connectivity index (χ0v) is 17.8. The fraction of sp³-hybridized carbons (Fsp3) is 0.476. The van der Waals surface area contributed by atoms with E-state index >= 15 is 0 Å². The number of nitrogens with zero attached hydrogens (tertiary/aromatic N) is 3. The average molecular weight is 420 g/mol. The molecule has 28 heavy (non-hydrogen) atoms. The van der Waals surface area contributed by atoms with Crippen LogP contribution in [0.5, 0.6) is 0 Å². The predicted octanol–water partition coefficient (Wildman–Crippen LogP) is 4.51. The van der Waals surface area contributed by atoms with E-state index in [4.69, 9.17) is 11.6 Å². The van der Waals surface area contributed by atoms with Gasteiger partial charge < -0.3 is 4.90 Å². The summed E-state index contributed by atoms with van der Waals surface area (Å²) in [6, 6.07) is 5.40. The molecule has 5 nitrogen and oxygen atoms in total. The van der Waals surface area contributed by atoms with E-state index in [1.165, 1.54) is 31.0 Å². The van der Waals surface area contributed by atoms with Crippen LogP contribution < -0.4 is 5.56 Å². The maximum atomic E-state index is 12.9. The predicted molar refractivity (Wildman–Crippen MR) is 116 cm³/mol. The molecule has 1 amide bonds. The quantitative estimate of drug-likeness (QED) is 0.376. The fourth-order valence-corrected chi connectivity index (χ4v) is 4.88. The molecule has 3 rings (SSSR count). The van der Waals surface area contributed by atoms with Crippen LogP contribution in [0.3, 0.4) is 0 Å². The smallest absolute Gasteiger partial charge is 0.262 e. The molecule has 1 heterocycles. The third-order valence-electron chi connectivity index (χ3n) is 5.20. The lowest BCUT2D eigenvalue weighted by atomic mass is 9.94. The summed E-state index contributed by atoms with van der Waals surface area (Å²) in [7, 11) is 0. The Hall–Kier alpha value is -1.79. The highest BCUT2D eigenvalue weighted by Gasteiger charge is 2.24. The highest BCUT2D eigenvalue weighted by Crippen LogP contribution is 2.25. The maximum Gasteiger partial charge on any atom is 0.262 e. The average Bonchev–Trinajstić information content (AvgIpc) is 2.70. The van der Waals surface area contributed by atoms with E-state index in [2.05, 4.69) is 11.6 Å². The van der Waals surface area contributed by atoms with Crippen LogP contribution in [0.2, 0.25) is 5.02 Å². The number of halogens is 1. The Labute approximate surface area is 174 Å². The van der Waals surface area contributed by atoms with Crippen molar-refractivity contribution in [3.63, 3.8) is 0 Å². The van der Waals surface area contributed by atoms with Crippen molar-refractivity contribution >= 4 is 40.2 Å². The number of carbonyl (C=O) groups is 1. The molecule has 0 bridgehead atoms. The molecule has 0 radical (unpaired) electrons. The molecule has 1 aromatic carbocycles. The zero-order valence-electron chi connectivity index (χ0n) is 16.2. The number of amides is 1. The third kappa shape index (κ3) is 4.61. The molecule has 0 spiro atoms. The van der Waals surface area contributed by atoms with Gasteiger partial charge in [0.1, 0.15) is 0 Å². The third-order valence-corrected chi connectivity index (χ3v) is 6.39. The Bertz CT molecular complexity index is 922. The summed E-state index contributed by atoms with van der Waals surface area (Å²) in [6.45, 7) is 6.83. The molecule has 0 unspecified atom stereocenters. The van der Waals surface area contributed by atoms with Gasteiger partial charge in [-0.1, -0.05) is 48.7 Å². The molecule has 0 saturated heterocycles. The standard InChI is InChI=1S/C21H26ClN3O2S/c1-3-12-25-20(27)17-11-10-15(22)13-18(17)23-21(25)28-14-19(26)24(4-2)16-8-6-5-7-9-16/h3,10-11,13,16H,1,4-9,12,14H2,2H3. The first-order chi connectivity index (χ1) is 13.5. The topological polar surface area (TPSA) is 55.2 Å². The van der Waals surface area contributed by atoms with E-state index in [9.17, 15) is 9.59 Å². The minimum absolute atomic E-state index is 0.102. The van der Waals surface area contributed by atoms with Gasteiger partial charge in [0.25, 0.3) is 5.56 Å². The lowest BCUT2D eigenvalue weighted by Crippen LogP contribution is -2.42. The monoisotopic (exact) mass is 419 g/mol. The lowest BCUT2D eigenvalue weighted by molar-refractivity contribution is -0.131. The number of benzene rings is 1. The number of carbonyl (C=O) groups excluding carboxylic acids is 1. The van der Waals surface area contributed by atoms with Crippen LogP contribution >= 0.6 is 23.4 Å². The largest absolute Gasteiger partial charge is 0.339 e. The normalized spacial score (nSPS) is 14.9. The van der Waals surface area contributed by atoms with Crippen LogP contribution in [-0.4, -0.2) is 38.7 Å². The molecule has 1 aromatic heterocycles. The van der Waals surface area contributed by atoms with Crippen molar-refractivity contribution in [2.24, 2.45) is 0 Å². The van der Waals surface area contributed by atoms with Gasteiger partial charge in [-0.15, -0.1) is 6.58 Å². The van der Waals surface area contributed by atoms with Gasteiger partial charge in [-0.25, -0.2) is 4.98 Å². The van der Waals surface area contributed by atoms with Gasteiger partial charge in [0.15, 0.2) is 5.16 Å². The summed E-state index contributed by atoms with van der Waals surface area (Å²) in [5.41, 5.74) is 0.406. The summed E-state index contributed by atoms with van der Waals surface area (Å²) < 4.78 is 1.57. The van der Waals surface area contributed by atoms with Crippen molar-refractivity contribution in [2.45, 2.75) is 56.8 Å². The summed E-state index contributed by atoms with van der Waals surface area (Å²) in [6.07, 6.45) is 7.46. The van der Waals surface area contributed by atoms with Crippen LogP contribution in [0.25, 0.3) is 10.9 Å². The number of hydrogen-bond donors (Lipinski definition) is 0. The van der Waals surface area contributed by atoms with E-state index in [0.717, 1.165) is 12.8 Å². The minimum Gasteiger partial charge on any atom is -0.339 e. The molecule has 1 aliphatic carbocycles. The first-order valence-electron chi connectivity index (χ1n) is 9.78. The molecular weight excluding hydrogens is 394 g/mol. The number of aromatic nitrogens is 2. The number of thioether (sulfide) groups is 1. The summed E-state index contributed by atoms with van der Waals surface area (Å²) in [4.78, 5) is 32.3. The van der Waals surface area contributed by atoms with Crippen molar-refractivity contribution in [1.82, 2.24) is 14.5 Å². The molecule has 150 valence electrons. The lowest BCUT2D eigenvalue weighted by Gasteiger charge is -2.33. The molecule has 1 aliphatic rings. The number of fused-ring (bicyclic) bond motifs is 1. The highest BCUT2D eigenvalue weighted by atomic mass is 35.5. The van der Waals surface area contributed by atoms with Crippen LogP contribution in [0, 0.1) is 0 Å². The van der Waals surface area contributed by atoms with Gasteiger partial charge in [0.2, 0.25) is 5.91 Å². The van der Waals surface area contributed by atoms with E-state index < -0.39 is 0 Å². The van der Waals surface area contributed by atoms with Gasteiger partial charge >= 0.3 is 0 Å². The maximum absolute atomic E-state index is 12.9. The van der Waals surface area contributed by atoms with Gasteiger partial charge in [-0.05, 0) is 38.0 Å². The second-order valence-corrected chi connectivity index (χ2v) is 8.40. The molecule has 1 saturated carbocycles. The Kier molecular flexibility index (Phi) is 7.18. The summed E-state index contributed by atoms with van der Waals surface area (Å²) >= 11 is 7.37. The number of rotatable bonds is 7. The Morgan fingerprint density at radius 3 is 2.82 bits per heavy atom. The Morgan fingerprint density at radius 1 is 1.39 bits per heavy atom. The molecule has 0 aliphatic heterocycles. The second-order valence-electron chi connectivity index (χ2n) is 7.02.